The summed E-state index contributed by atoms with van der Waals surface area (Å²) in [7, 11) is -1.83. The highest BCUT2D eigenvalue weighted by Gasteiger charge is 2.46. The normalized spacial score (nSPS) is 21.8. The van der Waals surface area contributed by atoms with Gasteiger partial charge in [0.15, 0.2) is 11.6 Å². The largest absolute Gasteiger partial charge is 0.507 e. The number of hydrogen-bond acceptors (Lipinski definition) is 6. The fourth-order valence-corrected chi connectivity index (χ4v) is 5.22. The number of ether oxygens (including phenoxy) is 1. The van der Waals surface area contributed by atoms with Gasteiger partial charge in [-0.05, 0) is 20.8 Å². The summed E-state index contributed by atoms with van der Waals surface area (Å²) in [5, 5.41) is 34.1. The van der Waals surface area contributed by atoms with E-state index in [0.29, 0.717) is 0 Å². The molecule has 34 heavy (non-hydrogen) atoms. The molecule has 0 aliphatic heterocycles. The van der Waals surface area contributed by atoms with E-state index < -0.39 is 42.7 Å². The Morgan fingerprint density at radius 2 is 1.53 bits per heavy atom. The highest BCUT2D eigenvalue weighted by Crippen LogP contribution is 2.51. The Bertz CT molecular complexity index is 1290. The highest BCUT2D eigenvalue weighted by atomic mass is 28.3. The van der Waals surface area contributed by atoms with E-state index in [9.17, 15) is 24.9 Å². The molecular formula is C27H30O6Si. The standard InChI is InChI=1S/C27H30O6Si/c1-26(2,3)33-18-14-27(32,11-12-34(4,5)6)13-17-19(18)25(31)21-20(24(17)30)22(28)15-9-7-8-10-16(15)23(21)29/h7-10,18,30-32H,13-14H2,1-6H3. The van der Waals surface area contributed by atoms with Crippen molar-refractivity contribution >= 4 is 19.6 Å². The number of ketones is 2. The van der Waals surface area contributed by atoms with E-state index in [4.69, 9.17) is 4.74 Å². The summed E-state index contributed by atoms with van der Waals surface area (Å²) in [5.74, 6) is 1.13. The van der Waals surface area contributed by atoms with E-state index in [1.807, 2.05) is 20.8 Å². The Kier molecular flexibility index (Phi) is 5.56. The molecule has 4 rings (SSSR count). The Morgan fingerprint density at radius 3 is 2.03 bits per heavy atom. The Morgan fingerprint density at radius 1 is 1.00 bits per heavy atom. The van der Waals surface area contributed by atoms with E-state index in [1.54, 1.807) is 12.1 Å². The number of aromatic hydroxyl groups is 2. The quantitative estimate of drug-likeness (QED) is 0.274. The van der Waals surface area contributed by atoms with Crippen molar-refractivity contribution in [3.63, 3.8) is 0 Å². The fraction of sp³-hybridized carbons (Fsp3) is 0.407. The van der Waals surface area contributed by atoms with Crippen molar-refractivity contribution in [3.8, 4) is 23.0 Å². The van der Waals surface area contributed by atoms with Gasteiger partial charge in [-0.15, -0.1) is 5.54 Å². The zero-order valence-electron chi connectivity index (χ0n) is 20.4. The van der Waals surface area contributed by atoms with Crippen molar-refractivity contribution < 1.29 is 29.6 Å². The molecule has 0 bridgehead atoms. The lowest BCUT2D eigenvalue weighted by Gasteiger charge is -2.39. The van der Waals surface area contributed by atoms with Gasteiger partial charge < -0.3 is 20.1 Å². The fourth-order valence-electron chi connectivity index (χ4n) is 4.61. The number of hydrogen-bond donors (Lipinski definition) is 3. The van der Waals surface area contributed by atoms with Gasteiger partial charge in [-0.3, -0.25) is 9.59 Å². The lowest BCUT2D eigenvalue weighted by atomic mass is 9.73. The molecule has 2 unspecified atom stereocenters. The SMILES string of the molecule is CC(C)(C)OC1CC(O)(C#C[Si](C)(C)C)Cc2c(O)c3c(c(O)c21)C(=O)c1ccccc1C3=O. The molecule has 2 aromatic rings. The lowest BCUT2D eigenvalue weighted by molar-refractivity contribution is -0.0956. The lowest BCUT2D eigenvalue weighted by Crippen LogP contribution is -2.40. The first-order chi connectivity index (χ1) is 15.6. The van der Waals surface area contributed by atoms with Crippen molar-refractivity contribution in [2.75, 3.05) is 0 Å². The third-order valence-electron chi connectivity index (χ3n) is 5.94. The minimum absolute atomic E-state index is 0.0548. The van der Waals surface area contributed by atoms with Gasteiger partial charge in [-0.25, -0.2) is 0 Å². The van der Waals surface area contributed by atoms with Crippen LogP contribution in [0.4, 0.5) is 0 Å². The summed E-state index contributed by atoms with van der Waals surface area (Å²) in [4.78, 5) is 26.6. The highest BCUT2D eigenvalue weighted by molar-refractivity contribution is 6.83. The van der Waals surface area contributed by atoms with Gasteiger partial charge in [0.1, 0.15) is 25.2 Å². The minimum atomic E-state index is -1.83. The first-order valence-electron chi connectivity index (χ1n) is 11.4. The molecule has 0 saturated heterocycles. The molecule has 7 heteroatoms. The van der Waals surface area contributed by atoms with Crippen LogP contribution in [0.1, 0.15) is 76.3 Å². The third kappa shape index (κ3) is 4.18. The molecule has 0 heterocycles. The van der Waals surface area contributed by atoms with Gasteiger partial charge in [-0.1, -0.05) is 49.8 Å². The predicted molar refractivity (Wildman–Crippen MR) is 131 cm³/mol. The average molecular weight is 479 g/mol. The van der Waals surface area contributed by atoms with Gasteiger partial charge in [-0.2, -0.15) is 0 Å². The van der Waals surface area contributed by atoms with Crippen LogP contribution in [0.25, 0.3) is 0 Å². The van der Waals surface area contributed by atoms with Crippen LogP contribution in [-0.2, 0) is 11.2 Å². The number of carbonyl (C=O) groups is 2. The Hall–Kier alpha value is -2.92. The molecule has 2 aromatic carbocycles. The summed E-state index contributed by atoms with van der Waals surface area (Å²) < 4.78 is 6.21. The van der Waals surface area contributed by atoms with Crippen LogP contribution < -0.4 is 0 Å². The molecule has 0 amide bonds. The zero-order valence-corrected chi connectivity index (χ0v) is 21.4. The van der Waals surface area contributed by atoms with Crippen molar-refractivity contribution in [1.29, 1.82) is 0 Å². The van der Waals surface area contributed by atoms with Crippen LogP contribution >= 0.6 is 0 Å². The molecule has 6 nitrogen and oxygen atoms in total. The maximum Gasteiger partial charge on any atom is 0.198 e. The first kappa shape index (κ1) is 24.2. The first-order valence-corrected chi connectivity index (χ1v) is 14.9. The van der Waals surface area contributed by atoms with Gasteiger partial charge in [0.05, 0.1) is 22.8 Å². The number of carbonyl (C=O) groups excluding carboxylic acids is 2. The Balaban J connectivity index is 1.98. The van der Waals surface area contributed by atoms with Gasteiger partial charge in [0.2, 0.25) is 0 Å². The van der Waals surface area contributed by atoms with E-state index in [2.05, 4.69) is 31.1 Å². The zero-order chi connectivity index (χ0) is 25.2. The number of phenolic OH excluding ortho intramolecular Hbond substituents is 2. The predicted octanol–water partition coefficient (Wildman–Crippen LogP) is 4.29. The molecule has 0 saturated carbocycles. The number of phenols is 2. The second-order valence-corrected chi connectivity index (χ2v) is 15.9. The molecule has 2 atom stereocenters. The molecule has 2 aliphatic rings. The molecular weight excluding hydrogens is 448 g/mol. The van der Waals surface area contributed by atoms with Crippen molar-refractivity contribution in [3.05, 3.63) is 57.6 Å². The maximum absolute atomic E-state index is 13.3. The van der Waals surface area contributed by atoms with Gasteiger partial charge in [0, 0.05) is 35.1 Å². The van der Waals surface area contributed by atoms with Crippen LogP contribution in [0, 0.1) is 11.5 Å². The van der Waals surface area contributed by atoms with Crippen LogP contribution in [0.2, 0.25) is 19.6 Å². The molecule has 2 aliphatic carbocycles. The molecule has 0 fully saturated rings. The number of benzene rings is 2. The minimum Gasteiger partial charge on any atom is -0.507 e. The van der Waals surface area contributed by atoms with Crippen LogP contribution in [-0.4, -0.2) is 46.2 Å². The number of fused-ring (bicyclic) bond motifs is 3. The monoisotopic (exact) mass is 478 g/mol. The molecule has 0 aromatic heterocycles. The third-order valence-corrected chi connectivity index (χ3v) is 6.82. The summed E-state index contributed by atoms with van der Waals surface area (Å²) in [6.07, 6.45) is -0.889. The van der Waals surface area contributed by atoms with Gasteiger partial charge >= 0.3 is 0 Å². The summed E-state index contributed by atoms with van der Waals surface area (Å²) in [6, 6.07) is 6.34. The molecule has 3 N–H and O–H groups in total. The molecule has 0 spiro atoms. The number of aliphatic hydroxyl groups is 1. The number of rotatable bonds is 1. The second kappa shape index (κ2) is 7.81. The van der Waals surface area contributed by atoms with Crippen molar-refractivity contribution in [2.24, 2.45) is 0 Å². The van der Waals surface area contributed by atoms with E-state index in [-0.39, 0.29) is 52.0 Å². The van der Waals surface area contributed by atoms with E-state index in [1.165, 1.54) is 12.1 Å². The van der Waals surface area contributed by atoms with E-state index >= 15 is 0 Å². The smallest absolute Gasteiger partial charge is 0.198 e. The topological polar surface area (TPSA) is 104 Å². The van der Waals surface area contributed by atoms with Crippen molar-refractivity contribution in [2.45, 2.75) is 70.6 Å². The summed E-state index contributed by atoms with van der Waals surface area (Å²) in [5.41, 5.74) is 1.30. The summed E-state index contributed by atoms with van der Waals surface area (Å²) >= 11 is 0. The maximum atomic E-state index is 13.3. The van der Waals surface area contributed by atoms with E-state index in [0.717, 1.165) is 0 Å². The van der Waals surface area contributed by atoms with Gasteiger partial charge in [0.25, 0.3) is 0 Å². The summed E-state index contributed by atoms with van der Waals surface area (Å²) in [6.45, 7) is 11.7. The van der Waals surface area contributed by atoms with Crippen LogP contribution in [0.5, 0.6) is 11.5 Å². The van der Waals surface area contributed by atoms with Crippen molar-refractivity contribution in [1.82, 2.24) is 0 Å². The second-order valence-electron chi connectivity index (χ2n) is 11.2. The average Bonchev–Trinajstić information content (AvgIpc) is 2.71. The van der Waals surface area contributed by atoms with Crippen LogP contribution in [0.3, 0.4) is 0 Å². The Labute approximate surface area is 200 Å². The van der Waals surface area contributed by atoms with Crippen LogP contribution in [0.15, 0.2) is 24.3 Å². The molecule has 0 radical (unpaired) electrons. The molecule has 178 valence electrons.